The molecule has 0 unspecified atom stereocenters. The van der Waals surface area contributed by atoms with Crippen molar-refractivity contribution in [3.8, 4) is 22.9 Å². The molecule has 5 heterocycles. The van der Waals surface area contributed by atoms with E-state index in [-0.39, 0.29) is 43.1 Å². The smallest absolute Gasteiger partial charge is 0.343 e. The van der Waals surface area contributed by atoms with E-state index in [1.165, 1.54) is 0 Å². The van der Waals surface area contributed by atoms with Gasteiger partial charge in [0.25, 0.3) is 5.56 Å². The van der Waals surface area contributed by atoms with Gasteiger partial charge >= 0.3 is 5.97 Å². The van der Waals surface area contributed by atoms with Crippen molar-refractivity contribution in [2.24, 2.45) is 10.7 Å². The zero-order valence-corrected chi connectivity index (χ0v) is 18.0. The third-order valence-corrected chi connectivity index (χ3v) is 6.44. The summed E-state index contributed by atoms with van der Waals surface area (Å²) in [6.45, 7) is 3.39. The summed E-state index contributed by atoms with van der Waals surface area (Å²) < 4.78 is 18.3. The van der Waals surface area contributed by atoms with Crippen LogP contribution in [-0.2, 0) is 28.3 Å². The van der Waals surface area contributed by atoms with Gasteiger partial charge in [-0.25, -0.2) is 14.8 Å². The Morgan fingerprint density at radius 2 is 2.03 bits per heavy atom. The minimum atomic E-state index is -1.87. The summed E-state index contributed by atoms with van der Waals surface area (Å²) in [5.74, 6) is 0.731. The Morgan fingerprint density at radius 3 is 2.79 bits per heavy atom. The quantitative estimate of drug-likeness (QED) is 0.269. The number of aromatic nitrogens is 2. The van der Waals surface area contributed by atoms with Crippen LogP contribution in [0.2, 0.25) is 0 Å². The van der Waals surface area contributed by atoms with E-state index in [2.05, 4.69) is 4.99 Å². The first kappa shape index (κ1) is 19.7. The lowest BCUT2D eigenvalue weighted by Crippen LogP contribution is -2.44. The molecule has 0 amide bonds. The Balaban J connectivity index is 1.64. The zero-order valence-electron chi connectivity index (χ0n) is 18.0. The lowest BCUT2D eigenvalue weighted by Gasteiger charge is -2.31. The van der Waals surface area contributed by atoms with Crippen molar-refractivity contribution < 1.29 is 24.1 Å². The van der Waals surface area contributed by atoms with E-state index in [1.54, 1.807) is 36.6 Å². The summed E-state index contributed by atoms with van der Waals surface area (Å²) in [7, 11) is 0. The highest BCUT2D eigenvalue weighted by molar-refractivity contribution is 6.00. The molecule has 1 atom stereocenters. The number of pyridine rings is 2. The molecule has 0 aliphatic carbocycles. The second-order valence-electron chi connectivity index (χ2n) is 8.34. The first-order valence-corrected chi connectivity index (χ1v) is 10.6. The van der Waals surface area contributed by atoms with Crippen LogP contribution < -0.4 is 20.8 Å². The Bertz CT molecular complexity index is 1490. The van der Waals surface area contributed by atoms with Crippen molar-refractivity contribution in [2.75, 3.05) is 6.79 Å². The average molecular weight is 448 g/mol. The van der Waals surface area contributed by atoms with Gasteiger partial charge in [-0.05, 0) is 31.5 Å². The predicted molar refractivity (Wildman–Crippen MR) is 118 cm³/mol. The molecular formula is C23H20N4O6. The summed E-state index contributed by atoms with van der Waals surface area (Å²) in [4.78, 5) is 34.9. The molecule has 10 heteroatoms. The second-order valence-corrected chi connectivity index (χ2v) is 8.34. The monoisotopic (exact) mass is 448 g/mol. The number of aliphatic hydroxyl groups is 1. The van der Waals surface area contributed by atoms with Gasteiger partial charge in [-0.1, -0.05) is 6.92 Å². The first-order valence-electron chi connectivity index (χ1n) is 10.6. The number of aliphatic imine (C=N–C) groups is 1. The van der Waals surface area contributed by atoms with Crippen LogP contribution in [0.15, 0.2) is 28.0 Å². The Hall–Kier alpha value is -3.92. The second kappa shape index (κ2) is 6.55. The van der Waals surface area contributed by atoms with E-state index in [4.69, 9.17) is 24.9 Å². The number of benzene rings is 1. The fourth-order valence-electron chi connectivity index (χ4n) is 4.82. The highest BCUT2D eigenvalue weighted by atomic mass is 16.7. The molecule has 3 N–H and O–H groups in total. The minimum Gasteiger partial charge on any atom is -0.458 e. The molecule has 1 aromatic carbocycles. The fraction of sp³-hybridized carbons (Fsp3) is 0.304. The van der Waals surface area contributed by atoms with Crippen LogP contribution in [0.4, 0.5) is 5.69 Å². The predicted octanol–water partition coefficient (Wildman–Crippen LogP) is 1.82. The number of cyclic esters (lactones) is 1. The topological polar surface area (TPSA) is 138 Å². The maximum absolute atomic E-state index is 13.4. The van der Waals surface area contributed by atoms with Gasteiger partial charge in [-0.2, -0.15) is 0 Å². The van der Waals surface area contributed by atoms with Crippen molar-refractivity contribution in [3.05, 3.63) is 45.2 Å². The molecule has 3 aromatic rings. The van der Waals surface area contributed by atoms with E-state index >= 15 is 0 Å². The number of amidine groups is 1. The normalized spacial score (nSPS) is 20.5. The molecule has 2 aromatic heterocycles. The number of hydrogen-bond acceptors (Lipinski definition) is 8. The Kier molecular flexibility index (Phi) is 3.92. The number of nitrogens with zero attached hydrogens (tertiary/aromatic N) is 3. The molecule has 6 rings (SSSR count). The van der Waals surface area contributed by atoms with Crippen molar-refractivity contribution in [2.45, 2.75) is 39.0 Å². The van der Waals surface area contributed by atoms with Gasteiger partial charge in [0.15, 0.2) is 11.4 Å². The number of nitrogens with two attached hydrogens (primary N) is 1. The highest BCUT2D eigenvalue weighted by Gasteiger charge is 2.45. The van der Waals surface area contributed by atoms with Gasteiger partial charge in [0, 0.05) is 11.1 Å². The molecule has 33 heavy (non-hydrogen) atoms. The van der Waals surface area contributed by atoms with Gasteiger partial charge in [0.2, 0.25) is 6.79 Å². The van der Waals surface area contributed by atoms with E-state index < -0.39 is 11.6 Å². The molecule has 0 saturated carbocycles. The number of carbonyl (C=O) groups excluding carboxylic acids is 1. The molecule has 10 nitrogen and oxygen atoms in total. The van der Waals surface area contributed by atoms with Crippen molar-refractivity contribution in [1.29, 1.82) is 0 Å². The standard InChI is InChI=1S/C23H20N4O6/c1-3-23(30)13-6-16-18-11(7-27(16)21(28)12(13)8-31-22(23)29)19-17-14(26-18)4-5-15(25-10(2)24)20(17)33-9-32-19/h4-6,30H,3,7-9H2,1-2H3,(H2,24,25)/t23-/m0/s1. The van der Waals surface area contributed by atoms with Crippen LogP contribution in [0.25, 0.3) is 22.3 Å². The van der Waals surface area contributed by atoms with Crippen LogP contribution in [0, 0.1) is 0 Å². The van der Waals surface area contributed by atoms with E-state index in [9.17, 15) is 14.7 Å². The van der Waals surface area contributed by atoms with Crippen molar-refractivity contribution in [1.82, 2.24) is 9.55 Å². The lowest BCUT2D eigenvalue weighted by atomic mass is 9.86. The summed E-state index contributed by atoms with van der Waals surface area (Å²) in [6, 6.07) is 5.24. The summed E-state index contributed by atoms with van der Waals surface area (Å²) in [5.41, 5.74) is 7.10. The number of carbonyl (C=O) groups is 1. The maximum Gasteiger partial charge on any atom is 0.343 e. The molecule has 3 aliphatic heterocycles. The molecule has 0 saturated heterocycles. The van der Waals surface area contributed by atoms with Crippen LogP contribution in [-0.4, -0.2) is 33.3 Å². The Labute approximate surface area is 187 Å². The summed E-state index contributed by atoms with van der Waals surface area (Å²) >= 11 is 0. The molecule has 0 spiro atoms. The van der Waals surface area contributed by atoms with Gasteiger partial charge in [-0.15, -0.1) is 0 Å². The number of fused-ring (bicyclic) bond motifs is 5. The minimum absolute atomic E-state index is 0.0195. The first-order chi connectivity index (χ1) is 15.8. The summed E-state index contributed by atoms with van der Waals surface area (Å²) in [6.07, 6.45) is 0.0820. The average Bonchev–Trinajstić information content (AvgIpc) is 3.17. The SMILES string of the molecule is CC[C@@]1(O)C(=O)OCc2c1cc1n(c2=O)Cc2c-1nc1ccc(N=C(C)N)c3c1c2OCO3. The van der Waals surface area contributed by atoms with E-state index in [0.717, 1.165) is 5.56 Å². The highest BCUT2D eigenvalue weighted by Crippen LogP contribution is 2.49. The number of esters is 1. The summed E-state index contributed by atoms with van der Waals surface area (Å²) in [5, 5.41) is 11.7. The van der Waals surface area contributed by atoms with Gasteiger partial charge in [-0.3, -0.25) is 4.79 Å². The zero-order chi connectivity index (χ0) is 23.1. The van der Waals surface area contributed by atoms with E-state index in [0.29, 0.717) is 45.3 Å². The lowest BCUT2D eigenvalue weighted by molar-refractivity contribution is -0.172. The van der Waals surface area contributed by atoms with Crippen LogP contribution >= 0.6 is 0 Å². The number of hydrogen-bond donors (Lipinski definition) is 2. The molecule has 0 fully saturated rings. The largest absolute Gasteiger partial charge is 0.458 e. The Morgan fingerprint density at radius 1 is 1.24 bits per heavy atom. The molecular weight excluding hydrogens is 428 g/mol. The van der Waals surface area contributed by atoms with Crippen LogP contribution in [0.1, 0.15) is 37.0 Å². The van der Waals surface area contributed by atoms with Crippen molar-refractivity contribution in [3.63, 3.8) is 0 Å². The van der Waals surface area contributed by atoms with Gasteiger partial charge < -0.3 is 29.6 Å². The third kappa shape index (κ3) is 2.52. The van der Waals surface area contributed by atoms with Crippen molar-refractivity contribution >= 4 is 28.4 Å². The van der Waals surface area contributed by atoms with Gasteiger partial charge in [0.1, 0.15) is 18.0 Å². The van der Waals surface area contributed by atoms with Crippen LogP contribution in [0.5, 0.6) is 11.5 Å². The molecule has 168 valence electrons. The molecule has 0 radical (unpaired) electrons. The number of ether oxygens (including phenoxy) is 3. The molecule has 3 aliphatic rings. The maximum atomic E-state index is 13.4. The van der Waals surface area contributed by atoms with Gasteiger partial charge in [0.05, 0.1) is 40.2 Å². The van der Waals surface area contributed by atoms with Crippen LogP contribution in [0.3, 0.4) is 0 Å². The molecule has 0 bridgehead atoms. The van der Waals surface area contributed by atoms with E-state index in [1.807, 2.05) is 0 Å². The third-order valence-electron chi connectivity index (χ3n) is 6.44. The number of rotatable bonds is 2. The fourth-order valence-corrected chi connectivity index (χ4v) is 4.82.